The van der Waals surface area contributed by atoms with Crippen LogP contribution in [0.2, 0.25) is 0 Å². The van der Waals surface area contributed by atoms with Gasteiger partial charge in [-0.25, -0.2) is 5.43 Å². The highest BCUT2D eigenvalue weighted by Crippen LogP contribution is 2.20. The molecule has 4 N–H and O–H groups in total. The number of rotatable bonds is 4. The number of nitrogens with zero attached hydrogens (tertiary/aromatic N) is 2. The fraction of sp³-hybridized carbons (Fsp3) is 0.118. The summed E-state index contributed by atoms with van der Waals surface area (Å²) >= 11 is 0. The van der Waals surface area contributed by atoms with Crippen LogP contribution in [0.5, 0.6) is 0 Å². The van der Waals surface area contributed by atoms with Crippen molar-refractivity contribution in [3.8, 4) is 11.5 Å². The van der Waals surface area contributed by atoms with Crippen molar-refractivity contribution in [3.63, 3.8) is 0 Å². The van der Waals surface area contributed by atoms with Gasteiger partial charge in [-0.15, -0.1) is 0 Å². The number of nitrogens with two attached hydrogens (primary N) is 1. The second-order valence-electron chi connectivity index (χ2n) is 5.34. The maximum Gasteiger partial charge on any atom is 0.291 e. The molecule has 0 atom stereocenters. The molecule has 0 aliphatic carbocycles. The van der Waals surface area contributed by atoms with E-state index in [4.69, 9.17) is 10.2 Å². The number of nitrogens with one attached hydrogen (secondary N) is 2. The smallest absolute Gasteiger partial charge is 0.291 e. The lowest BCUT2D eigenvalue weighted by atomic mass is 10.1. The highest BCUT2D eigenvalue weighted by Gasteiger charge is 2.13. The molecule has 0 radical (unpaired) electrons. The molecule has 0 saturated heterocycles. The van der Waals surface area contributed by atoms with E-state index in [1.807, 2.05) is 31.2 Å². The highest BCUT2D eigenvalue weighted by atomic mass is 16.3. The number of amides is 1. The molecule has 0 fully saturated rings. The largest absolute Gasteiger partial charge is 0.460 e. The second kappa shape index (κ2) is 6.41. The number of H-pyrrole nitrogens is 1. The number of benzene rings is 1. The lowest BCUT2D eigenvalue weighted by Gasteiger charge is -2.02. The van der Waals surface area contributed by atoms with E-state index in [0.29, 0.717) is 22.9 Å². The van der Waals surface area contributed by atoms with Gasteiger partial charge in [0.05, 0.1) is 5.71 Å². The lowest BCUT2D eigenvalue weighted by Crippen LogP contribution is -2.19. The van der Waals surface area contributed by atoms with Gasteiger partial charge in [-0.2, -0.15) is 10.2 Å². The molecule has 0 unspecified atom stereocenters. The summed E-state index contributed by atoms with van der Waals surface area (Å²) in [5.41, 5.74) is 11.2. The van der Waals surface area contributed by atoms with Crippen LogP contribution >= 0.6 is 0 Å². The van der Waals surface area contributed by atoms with E-state index in [1.165, 1.54) is 0 Å². The van der Waals surface area contributed by atoms with Gasteiger partial charge in [0.2, 0.25) is 0 Å². The van der Waals surface area contributed by atoms with Crippen LogP contribution in [0.4, 0.5) is 5.69 Å². The van der Waals surface area contributed by atoms with Crippen molar-refractivity contribution in [1.82, 2.24) is 15.6 Å². The van der Waals surface area contributed by atoms with E-state index in [1.54, 1.807) is 25.1 Å². The van der Waals surface area contributed by atoms with Crippen LogP contribution < -0.4 is 11.2 Å². The molecule has 0 bridgehead atoms. The van der Waals surface area contributed by atoms with Gasteiger partial charge in [0.1, 0.15) is 11.5 Å². The normalized spacial score (nSPS) is 11.5. The summed E-state index contributed by atoms with van der Waals surface area (Å²) in [6, 6.07) is 12.5. The van der Waals surface area contributed by atoms with Gasteiger partial charge in [0.15, 0.2) is 11.5 Å². The number of carbonyl (C=O) groups excluding carboxylic acids is 1. The highest BCUT2D eigenvalue weighted by molar-refractivity contribution is 6.00. The van der Waals surface area contributed by atoms with E-state index in [2.05, 4.69) is 20.7 Å². The first-order valence-corrected chi connectivity index (χ1v) is 7.35. The summed E-state index contributed by atoms with van der Waals surface area (Å²) in [5, 5.41) is 10.8. The average Bonchev–Trinajstić information content (AvgIpc) is 3.22. The first kappa shape index (κ1) is 15.5. The molecule has 7 nitrogen and oxygen atoms in total. The molecule has 3 rings (SSSR count). The minimum absolute atomic E-state index is 0.230. The monoisotopic (exact) mass is 323 g/mol. The third-order valence-electron chi connectivity index (χ3n) is 3.47. The Hall–Kier alpha value is -3.35. The molecule has 0 aliphatic rings. The molecule has 2 heterocycles. The van der Waals surface area contributed by atoms with Gasteiger partial charge >= 0.3 is 0 Å². The number of aromatic nitrogens is 2. The zero-order valence-corrected chi connectivity index (χ0v) is 13.3. The molecule has 7 heteroatoms. The number of hydrogen-bond donors (Lipinski definition) is 3. The van der Waals surface area contributed by atoms with Crippen molar-refractivity contribution in [2.75, 3.05) is 5.73 Å². The number of anilines is 1. The van der Waals surface area contributed by atoms with E-state index in [9.17, 15) is 4.79 Å². The Kier molecular flexibility index (Phi) is 4.15. The Morgan fingerprint density at radius 3 is 2.67 bits per heavy atom. The van der Waals surface area contributed by atoms with Gasteiger partial charge in [-0.1, -0.05) is 12.1 Å². The summed E-state index contributed by atoms with van der Waals surface area (Å²) in [7, 11) is 0. The van der Waals surface area contributed by atoms with Gasteiger partial charge in [-0.05, 0) is 43.7 Å². The number of nitrogen functional groups attached to an aromatic ring is 1. The lowest BCUT2D eigenvalue weighted by molar-refractivity contribution is 0.0950. The predicted octanol–water partition coefficient (Wildman–Crippen LogP) is 2.71. The van der Waals surface area contributed by atoms with E-state index < -0.39 is 5.91 Å². The summed E-state index contributed by atoms with van der Waals surface area (Å²) in [5.74, 6) is 1.01. The van der Waals surface area contributed by atoms with Crippen LogP contribution in [0.3, 0.4) is 0 Å². The van der Waals surface area contributed by atoms with Crippen LogP contribution in [0.15, 0.2) is 52.0 Å². The van der Waals surface area contributed by atoms with Crippen LogP contribution in [-0.2, 0) is 0 Å². The van der Waals surface area contributed by atoms with Crippen LogP contribution in [0.1, 0.15) is 28.7 Å². The standard InChI is InChI=1S/C17H17N5O2/c1-10-3-8-16(24-10)14-9-15(21-20-14)17(23)22-19-11(2)12-4-6-13(18)7-5-12/h3-9H,18H2,1-2H3,(H,20,21)(H,22,23)/b19-11+. The first-order valence-electron chi connectivity index (χ1n) is 7.35. The van der Waals surface area contributed by atoms with Gasteiger partial charge in [0.25, 0.3) is 5.91 Å². The van der Waals surface area contributed by atoms with Gasteiger partial charge in [-0.3, -0.25) is 9.89 Å². The van der Waals surface area contributed by atoms with Crippen LogP contribution in [0.25, 0.3) is 11.5 Å². The van der Waals surface area contributed by atoms with Gasteiger partial charge in [0, 0.05) is 11.8 Å². The molecular formula is C17H17N5O2. The number of carbonyl (C=O) groups is 1. The Morgan fingerprint density at radius 2 is 2.00 bits per heavy atom. The SMILES string of the molecule is C/C(=N\NC(=O)c1cc(-c2ccc(C)o2)[nH]n1)c1ccc(N)cc1. The van der Waals surface area contributed by atoms with Crippen molar-refractivity contribution < 1.29 is 9.21 Å². The summed E-state index contributed by atoms with van der Waals surface area (Å²) in [6.45, 7) is 3.65. The van der Waals surface area contributed by atoms with Crippen molar-refractivity contribution >= 4 is 17.3 Å². The third-order valence-corrected chi connectivity index (χ3v) is 3.47. The van der Waals surface area contributed by atoms with Gasteiger partial charge < -0.3 is 10.2 Å². The minimum atomic E-state index is -0.407. The van der Waals surface area contributed by atoms with Crippen molar-refractivity contribution in [3.05, 3.63) is 59.5 Å². The molecule has 122 valence electrons. The first-order chi connectivity index (χ1) is 11.5. The number of hydrogen-bond acceptors (Lipinski definition) is 5. The number of furan rings is 1. The zero-order chi connectivity index (χ0) is 17.1. The van der Waals surface area contributed by atoms with E-state index in [-0.39, 0.29) is 5.69 Å². The third kappa shape index (κ3) is 3.35. The topological polar surface area (TPSA) is 109 Å². The minimum Gasteiger partial charge on any atom is -0.460 e. The van der Waals surface area contributed by atoms with Crippen molar-refractivity contribution in [1.29, 1.82) is 0 Å². The molecule has 0 saturated carbocycles. The summed E-state index contributed by atoms with van der Waals surface area (Å²) in [4.78, 5) is 12.1. The number of aromatic amines is 1. The summed E-state index contributed by atoms with van der Waals surface area (Å²) < 4.78 is 5.49. The molecule has 2 aromatic heterocycles. The quantitative estimate of drug-likeness (QED) is 0.389. The molecule has 1 amide bonds. The maximum absolute atomic E-state index is 12.1. The second-order valence-corrected chi connectivity index (χ2v) is 5.34. The summed E-state index contributed by atoms with van der Waals surface area (Å²) in [6.07, 6.45) is 0. The molecule has 0 spiro atoms. The van der Waals surface area contributed by atoms with Crippen molar-refractivity contribution in [2.24, 2.45) is 5.10 Å². The number of hydrazone groups is 1. The molecule has 0 aliphatic heterocycles. The maximum atomic E-state index is 12.1. The molecular weight excluding hydrogens is 306 g/mol. The molecule has 1 aromatic carbocycles. The fourth-order valence-corrected chi connectivity index (χ4v) is 2.12. The number of aryl methyl sites for hydroxylation is 1. The Morgan fingerprint density at radius 1 is 1.25 bits per heavy atom. The predicted molar refractivity (Wildman–Crippen MR) is 91.6 cm³/mol. The molecule has 24 heavy (non-hydrogen) atoms. The fourth-order valence-electron chi connectivity index (χ4n) is 2.12. The van der Waals surface area contributed by atoms with E-state index in [0.717, 1.165) is 11.3 Å². The zero-order valence-electron chi connectivity index (χ0n) is 13.3. The van der Waals surface area contributed by atoms with Crippen molar-refractivity contribution in [2.45, 2.75) is 13.8 Å². The Bertz CT molecular complexity index is 890. The van der Waals surface area contributed by atoms with Crippen LogP contribution in [0, 0.1) is 6.92 Å². The van der Waals surface area contributed by atoms with E-state index >= 15 is 0 Å². The molecule has 3 aromatic rings. The van der Waals surface area contributed by atoms with Crippen LogP contribution in [-0.4, -0.2) is 21.8 Å². The Balaban J connectivity index is 1.70. The average molecular weight is 323 g/mol. The Labute approximate surface area is 138 Å².